The van der Waals surface area contributed by atoms with Crippen LogP contribution >= 0.6 is 0 Å². The number of esters is 3. The first-order valence-electron chi connectivity index (χ1n) is 21.7. The third-order valence-electron chi connectivity index (χ3n) is 9.52. The SMILES string of the molecule is CCCCC/C=C\CCCCCCCC(=O)OCC(COC(=O)CCCCCCCCCCC)OC(=O)CCCCCCCCCCCCC. The molecule has 6 heteroatoms. The van der Waals surface area contributed by atoms with Crippen LogP contribution in [-0.4, -0.2) is 37.2 Å². The van der Waals surface area contributed by atoms with Crippen molar-refractivity contribution < 1.29 is 28.6 Å². The van der Waals surface area contributed by atoms with Gasteiger partial charge in [0.2, 0.25) is 0 Å². The van der Waals surface area contributed by atoms with Crippen LogP contribution in [0.5, 0.6) is 0 Å². The lowest BCUT2D eigenvalue weighted by molar-refractivity contribution is -0.167. The van der Waals surface area contributed by atoms with Crippen LogP contribution in [0.2, 0.25) is 0 Å². The summed E-state index contributed by atoms with van der Waals surface area (Å²) in [7, 11) is 0. The van der Waals surface area contributed by atoms with Gasteiger partial charge in [-0.15, -0.1) is 0 Å². The quantitative estimate of drug-likeness (QED) is 0.0274. The molecular formula is C44H82O6. The van der Waals surface area contributed by atoms with Crippen molar-refractivity contribution in [1.82, 2.24) is 0 Å². The van der Waals surface area contributed by atoms with Crippen molar-refractivity contribution >= 4 is 17.9 Å². The van der Waals surface area contributed by atoms with E-state index in [2.05, 4.69) is 32.9 Å². The lowest BCUT2D eigenvalue weighted by Gasteiger charge is -2.18. The summed E-state index contributed by atoms with van der Waals surface area (Å²) >= 11 is 0. The maximum atomic E-state index is 12.6. The van der Waals surface area contributed by atoms with E-state index in [1.165, 1.54) is 128 Å². The molecule has 0 amide bonds. The molecule has 0 aliphatic carbocycles. The predicted octanol–water partition coefficient (Wildman–Crippen LogP) is 13.5. The first-order chi connectivity index (χ1) is 24.5. The molecule has 0 heterocycles. The molecule has 0 bridgehead atoms. The van der Waals surface area contributed by atoms with Crippen molar-refractivity contribution in [2.45, 2.75) is 239 Å². The number of hydrogen-bond acceptors (Lipinski definition) is 6. The Morgan fingerprint density at radius 2 is 0.660 bits per heavy atom. The van der Waals surface area contributed by atoms with Gasteiger partial charge >= 0.3 is 17.9 Å². The minimum Gasteiger partial charge on any atom is -0.462 e. The van der Waals surface area contributed by atoms with Gasteiger partial charge in [-0.25, -0.2) is 0 Å². The molecule has 0 spiro atoms. The summed E-state index contributed by atoms with van der Waals surface area (Å²) < 4.78 is 16.6. The highest BCUT2D eigenvalue weighted by molar-refractivity contribution is 5.71. The Kier molecular flexibility index (Phi) is 38.5. The number of hydrogen-bond donors (Lipinski definition) is 0. The summed E-state index contributed by atoms with van der Waals surface area (Å²) in [4.78, 5) is 37.5. The van der Waals surface area contributed by atoms with Crippen LogP contribution in [0.25, 0.3) is 0 Å². The molecule has 0 aromatic carbocycles. The zero-order valence-corrected chi connectivity index (χ0v) is 33.4. The molecule has 0 aliphatic heterocycles. The van der Waals surface area contributed by atoms with E-state index < -0.39 is 6.10 Å². The summed E-state index contributed by atoms with van der Waals surface area (Å²) in [5.41, 5.74) is 0. The third-order valence-corrected chi connectivity index (χ3v) is 9.52. The second-order valence-electron chi connectivity index (χ2n) is 14.6. The summed E-state index contributed by atoms with van der Waals surface area (Å²) in [5, 5.41) is 0. The van der Waals surface area contributed by atoms with E-state index in [1.807, 2.05) is 0 Å². The number of unbranched alkanes of at least 4 members (excludes halogenated alkanes) is 26. The second-order valence-corrected chi connectivity index (χ2v) is 14.6. The molecule has 0 aromatic heterocycles. The van der Waals surface area contributed by atoms with Crippen LogP contribution in [0, 0.1) is 0 Å². The maximum absolute atomic E-state index is 12.6. The summed E-state index contributed by atoms with van der Waals surface area (Å²) in [6.07, 6.45) is 40.5. The van der Waals surface area contributed by atoms with E-state index >= 15 is 0 Å². The van der Waals surface area contributed by atoms with Crippen molar-refractivity contribution in [3.05, 3.63) is 12.2 Å². The van der Waals surface area contributed by atoms with E-state index in [4.69, 9.17) is 14.2 Å². The molecular weight excluding hydrogens is 624 g/mol. The standard InChI is InChI=1S/C44H82O6/c1-4-7-10-13-16-19-21-23-25-28-31-34-37-43(46)49-40-41(39-48-42(45)36-33-30-27-24-18-15-12-9-6-3)50-44(47)38-35-32-29-26-22-20-17-14-11-8-5-2/h16,19,41H,4-15,17-18,20-40H2,1-3H3/b19-16-. The second kappa shape index (κ2) is 39.9. The monoisotopic (exact) mass is 707 g/mol. The van der Waals surface area contributed by atoms with Crippen LogP contribution < -0.4 is 0 Å². The zero-order chi connectivity index (χ0) is 36.6. The van der Waals surface area contributed by atoms with Crippen molar-refractivity contribution in [2.24, 2.45) is 0 Å². The third kappa shape index (κ3) is 37.4. The van der Waals surface area contributed by atoms with Gasteiger partial charge in [0.1, 0.15) is 13.2 Å². The fourth-order valence-corrected chi connectivity index (χ4v) is 6.20. The average Bonchev–Trinajstić information content (AvgIpc) is 3.11. The van der Waals surface area contributed by atoms with Crippen LogP contribution in [-0.2, 0) is 28.6 Å². The topological polar surface area (TPSA) is 78.9 Å². The fourth-order valence-electron chi connectivity index (χ4n) is 6.20. The van der Waals surface area contributed by atoms with Gasteiger partial charge < -0.3 is 14.2 Å². The Morgan fingerprint density at radius 3 is 1.04 bits per heavy atom. The van der Waals surface area contributed by atoms with Crippen molar-refractivity contribution in [2.75, 3.05) is 13.2 Å². The first-order valence-corrected chi connectivity index (χ1v) is 21.7. The minimum absolute atomic E-state index is 0.0689. The van der Waals surface area contributed by atoms with Gasteiger partial charge in [0.25, 0.3) is 0 Å². The molecule has 6 nitrogen and oxygen atoms in total. The molecule has 1 atom stereocenters. The Hall–Kier alpha value is -1.85. The highest BCUT2D eigenvalue weighted by atomic mass is 16.6. The number of ether oxygens (including phenoxy) is 3. The summed E-state index contributed by atoms with van der Waals surface area (Å²) in [6.45, 7) is 6.58. The number of rotatable bonds is 39. The molecule has 0 saturated carbocycles. The molecule has 0 rings (SSSR count). The van der Waals surface area contributed by atoms with Crippen molar-refractivity contribution in [3.63, 3.8) is 0 Å². The zero-order valence-electron chi connectivity index (χ0n) is 33.4. The number of allylic oxidation sites excluding steroid dienone is 2. The maximum Gasteiger partial charge on any atom is 0.306 e. The molecule has 294 valence electrons. The summed E-state index contributed by atoms with van der Waals surface area (Å²) in [5.74, 6) is -0.877. The molecule has 1 unspecified atom stereocenters. The normalized spacial score (nSPS) is 12.0. The van der Waals surface area contributed by atoms with E-state index in [-0.39, 0.29) is 31.1 Å². The van der Waals surface area contributed by atoms with E-state index in [0.29, 0.717) is 19.3 Å². The van der Waals surface area contributed by atoms with Gasteiger partial charge in [0.05, 0.1) is 0 Å². The smallest absolute Gasteiger partial charge is 0.306 e. The first kappa shape index (κ1) is 48.1. The molecule has 0 saturated heterocycles. The molecule has 0 aromatic rings. The van der Waals surface area contributed by atoms with Gasteiger partial charge in [-0.1, -0.05) is 181 Å². The molecule has 50 heavy (non-hydrogen) atoms. The van der Waals surface area contributed by atoms with Gasteiger partial charge in [-0.05, 0) is 44.9 Å². The number of carbonyl (C=O) groups is 3. The van der Waals surface area contributed by atoms with Gasteiger partial charge in [-0.3, -0.25) is 14.4 Å². The average molecular weight is 707 g/mol. The van der Waals surface area contributed by atoms with Crippen molar-refractivity contribution in [1.29, 1.82) is 0 Å². The molecule has 0 fully saturated rings. The lowest BCUT2D eigenvalue weighted by Crippen LogP contribution is -2.30. The fraction of sp³-hybridized carbons (Fsp3) is 0.886. The lowest BCUT2D eigenvalue weighted by atomic mass is 10.1. The van der Waals surface area contributed by atoms with Gasteiger partial charge in [0.15, 0.2) is 6.10 Å². The Labute approximate surface area is 310 Å². The Bertz CT molecular complexity index is 778. The van der Waals surface area contributed by atoms with Crippen molar-refractivity contribution in [3.8, 4) is 0 Å². The summed E-state index contributed by atoms with van der Waals surface area (Å²) in [6, 6.07) is 0. The highest BCUT2D eigenvalue weighted by Crippen LogP contribution is 2.14. The van der Waals surface area contributed by atoms with Crippen LogP contribution in [0.4, 0.5) is 0 Å². The Morgan fingerprint density at radius 1 is 0.380 bits per heavy atom. The molecule has 0 aliphatic rings. The van der Waals surface area contributed by atoms with Gasteiger partial charge in [-0.2, -0.15) is 0 Å². The van der Waals surface area contributed by atoms with E-state index in [1.54, 1.807) is 0 Å². The van der Waals surface area contributed by atoms with Crippen LogP contribution in [0.3, 0.4) is 0 Å². The molecule has 0 N–H and O–H groups in total. The minimum atomic E-state index is -0.763. The number of carbonyl (C=O) groups excluding carboxylic acids is 3. The van der Waals surface area contributed by atoms with E-state index in [9.17, 15) is 14.4 Å². The Balaban J connectivity index is 4.35. The van der Waals surface area contributed by atoms with Gasteiger partial charge in [0, 0.05) is 19.3 Å². The largest absolute Gasteiger partial charge is 0.462 e. The van der Waals surface area contributed by atoms with Crippen LogP contribution in [0.1, 0.15) is 233 Å². The highest BCUT2D eigenvalue weighted by Gasteiger charge is 2.19. The van der Waals surface area contributed by atoms with E-state index in [0.717, 1.165) is 64.2 Å². The van der Waals surface area contributed by atoms with Crippen LogP contribution in [0.15, 0.2) is 12.2 Å². The predicted molar refractivity (Wildman–Crippen MR) is 210 cm³/mol. The molecule has 0 radical (unpaired) electrons.